The van der Waals surface area contributed by atoms with Gasteiger partial charge in [0.25, 0.3) is 0 Å². The molecule has 4 nitrogen and oxygen atoms in total. The summed E-state index contributed by atoms with van der Waals surface area (Å²) in [6, 6.07) is 94.2. The number of para-hydroxylation sites is 6. The second-order valence-corrected chi connectivity index (χ2v) is 23.9. The van der Waals surface area contributed by atoms with E-state index in [4.69, 9.17) is 8.83 Å². The van der Waals surface area contributed by atoms with Crippen molar-refractivity contribution in [1.82, 2.24) is 0 Å². The number of benzene rings is 12. The molecule has 0 saturated heterocycles. The van der Waals surface area contributed by atoms with E-state index < -0.39 is 5.41 Å². The van der Waals surface area contributed by atoms with E-state index in [9.17, 15) is 0 Å². The van der Waals surface area contributed by atoms with E-state index in [1.165, 1.54) is 55.3 Å². The van der Waals surface area contributed by atoms with Crippen LogP contribution in [-0.2, 0) is 16.2 Å². The van der Waals surface area contributed by atoms with Gasteiger partial charge in [0.05, 0.1) is 28.2 Å². The lowest BCUT2D eigenvalue weighted by molar-refractivity contribution is 0.500. The Balaban J connectivity index is 1.07. The van der Waals surface area contributed by atoms with Crippen LogP contribution in [0, 0.1) is 0 Å². The van der Waals surface area contributed by atoms with Gasteiger partial charge in [-0.3, -0.25) is 0 Å². The van der Waals surface area contributed by atoms with Gasteiger partial charge in [-0.25, -0.2) is 0 Å². The summed E-state index contributed by atoms with van der Waals surface area (Å²) in [7, 11) is 0. The van der Waals surface area contributed by atoms with E-state index in [-0.39, 0.29) is 10.8 Å². The molecule has 2 aromatic heterocycles. The first-order valence-electron chi connectivity index (χ1n) is 29.5. The van der Waals surface area contributed by atoms with Gasteiger partial charge in [-0.2, -0.15) is 0 Å². The molecular formula is C79H64N2O2. The Labute approximate surface area is 485 Å². The lowest BCUT2D eigenvalue weighted by atomic mass is 9.67. The molecular weight excluding hydrogens is 1010 g/mol. The van der Waals surface area contributed by atoms with Crippen LogP contribution < -0.4 is 9.80 Å². The molecule has 15 rings (SSSR count). The van der Waals surface area contributed by atoms with E-state index in [1.54, 1.807) is 0 Å². The molecule has 12 aromatic carbocycles. The lowest BCUT2D eigenvalue weighted by Gasteiger charge is -2.36. The van der Waals surface area contributed by atoms with Crippen molar-refractivity contribution < 1.29 is 8.83 Å². The van der Waals surface area contributed by atoms with Crippen molar-refractivity contribution in [3.63, 3.8) is 0 Å². The molecule has 402 valence electrons. The fourth-order valence-electron chi connectivity index (χ4n) is 13.9. The molecule has 0 fully saturated rings. The molecule has 1 aliphatic rings. The highest BCUT2D eigenvalue weighted by molar-refractivity contribution is 6.20. The van der Waals surface area contributed by atoms with Crippen LogP contribution in [0.4, 0.5) is 34.1 Å². The molecule has 0 atom stereocenters. The third-order valence-corrected chi connectivity index (χ3v) is 18.7. The number of hydrogen-bond donors (Lipinski definition) is 0. The molecule has 0 bridgehead atoms. The number of furan rings is 2. The summed E-state index contributed by atoms with van der Waals surface area (Å²) < 4.78 is 14.7. The minimum Gasteiger partial charge on any atom is -0.454 e. The second-order valence-electron chi connectivity index (χ2n) is 23.9. The van der Waals surface area contributed by atoms with Gasteiger partial charge in [0.1, 0.15) is 11.2 Å². The molecule has 83 heavy (non-hydrogen) atoms. The molecule has 0 spiro atoms. The Morgan fingerprint density at radius 2 is 0.627 bits per heavy atom. The van der Waals surface area contributed by atoms with E-state index >= 15 is 0 Å². The van der Waals surface area contributed by atoms with Gasteiger partial charge < -0.3 is 18.6 Å². The Hall–Kier alpha value is -9.64. The number of rotatable bonds is 12. The summed E-state index contributed by atoms with van der Waals surface area (Å²) in [5.41, 5.74) is 18.5. The van der Waals surface area contributed by atoms with Crippen LogP contribution in [0.1, 0.15) is 87.8 Å². The molecule has 0 amide bonds. The Bertz CT molecular complexity index is 4510. The summed E-state index contributed by atoms with van der Waals surface area (Å²) in [5.74, 6) is 0. The van der Waals surface area contributed by atoms with Crippen molar-refractivity contribution in [3.05, 3.63) is 288 Å². The van der Waals surface area contributed by atoms with Crippen LogP contribution in [0.5, 0.6) is 0 Å². The first kappa shape index (κ1) is 50.3. The summed E-state index contributed by atoms with van der Waals surface area (Å²) in [6.07, 6.45) is 1.97. The Morgan fingerprint density at radius 3 is 1.00 bits per heavy atom. The minimum atomic E-state index is -0.826. The van der Waals surface area contributed by atoms with Gasteiger partial charge in [-0.1, -0.05) is 248 Å². The topological polar surface area (TPSA) is 32.8 Å². The largest absolute Gasteiger partial charge is 0.454 e. The zero-order valence-electron chi connectivity index (χ0n) is 47.9. The number of fused-ring (bicyclic) bond motifs is 13. The summed E-state index contributed by atoms with van der Waals surface area (Å²) in [4.78, 5) is 4.92. The molecule has 0 unspecified atom stereocenters. The molecule has 0 radical (unpaired) electrons. The molecule has 0 saturated carbocycles. The predicted octanol–water partition coefficient (Wildman–Crippen LogP) is 22.5. The van der Waals surface area contributed by atoms with Gasteiger partial charge in [0, 0.05) is 54.8 Å². The van der Waals surface area contributed by atoms with Crippen LogP contribution in [0.25, 0.3) is 76.5 Å². The van der Waals surface area contributed by atoms with Crippen molar-refractivity contribution >= 4 is 99.5 Å². The maximum atomic E-state index is 7.34. The number of nitrogens with zero attached hydrogens (tertiary/aromatic N) is 2. The van der Waals surface area contributed by atoms with Crippen molar-refractivity contribution in [3.8, 4) is 11.1 Å². The zero-order valence-corrected chi connectivity index (χ0v) is 47.9. The first-order chi connectivity index (χ1) is 40.6. The molecule has 4 heteroatoms. The molecule has 2 heterocycles. The lowest BCUT2D eigenvalue weighted by Crippen LogP contribution is -2.29. The molecule has 0 N–H and O–H groups in total. The van der Waals surface area contributed by atoms with Gasteiger partial charge in [-0.05, 0) is 116 Å². The smallest absolute Gasteiger partial charge is 0.159 e. The molecule has 1 aliphatic carbocycles. The van der Waals surface area contributed by atoms with Gasteiger partial charge in [0.15, 0.2) is 11.2 Å². The predicted molar refractivity (Wildman–Crippen MR) is 349 cm³/mol. The third-order valence-electron chi connectivity index (χ3n) is 18.7. The van der Waals surface area contributed by atoms with Crippen LogP contribution in [0.2, 0.25) is 0 Å². The van der Waals surface area contributed by atoms with Crippen LogP contribution in [-0.4, -0.2) is 0 Å². The maximum Gasteiger partial charge on any atom is 0.159 e. The minimum absolute atomic E-state index is 0.0885. The fourth-order valence-corrected chi connectivity index (χ4v) is 13.9. The van der Waals surface area contributed by atoms with E-state index in [0.29, 0.717) is 0 Å². The summed E-state index contributed by atoms with van der Waals surface area (Å²) in [6.45, 7) is 13.8. The molecule has 14 aromatic rings. The van der Waals surface area contributed by atoms with E-state index in [2.05, 4.69) is 306 Å². The Kier molecular flexibility index (Phi) is 11.7. The maximum absolute atomic E-state index is 7.34. The van der Waals surface area contributed by atoms with Gasteiger partial charge in [-0.15, -0.1) is 0 Å². The van der Waals surface area contributed by atoms with Gasteiger partial charge in [0.2, 0.25) is 0 Å². The third kappa shape index (κ3) is 7.51. The molecule has 0 aliphatic heterocycles. The average Bonchev–Trinajstić information content (AvgIpc) is 4.01. The fraction of sp³-hybridized carbons (Fsp3) is 0.139. The van der Waals surface area contributed by atoms with Crippen LogP contribution in [0.15, 0.2) is 264 Å². The number of hydrogen-bond acceptors (Lipinski definition) is 4. The monoisotopic (exact) mass is 1070 g/mol. The average molecular weight is 1070 g/mol. The SMILES string of the molecule is CCC(C)(C)c1cccc2c1oc1c(N(c3ccccc3)c3cc4c(c5ccccc35)-c3c(cc(N(c5ccccc5)c5cccc6c5oc5c(C(C)(C)CC)cccc56)c5ccccc35)C4(c3ccccc3)c3ccccc3)cccc12. The van der Waals surface area contributed by atoms with Crippen LogP contribution in [0.3, 0.4) is 0 Å². The highest BCUT2D eigenvalue weighted by Crippen LogP contribution is 2.63. The summed E-state index contributed by atoms with van der Waals surface area (Å²) in [5, 5.41) is 9.08. The van der Waals surface area contributed by atoms with E-state index in [1.807, 2.05) is 0 Å². The highest BCUT2D eigenvalue weighted by atomic mass is 16.3. The Morgan fingerprint density at radius 1 is 0.313 bits per heavy atom. The summed E-state index contributed by atoms with van der Waals surface area (Å²) >= 11 is 0. The van der Waals surface area contributed by atoms with Crippen LogP contribution >= 0.6 is 0 Å². The standard InChI is InChI=1S/C79H64N2O2/c1-7-77(3,4)63-45-25-41-59-61-43-27-47-67(75(61)82-73(59)63)80(53-33-17-11-18-34-53)69-49-65-71(57-39-23-21-37-55(57)69)72-58-40-24-22-38-56(58)70(50-66(72)79(65,51-29-13-9-14-30-51)52-31-15-10-16-32-52)81(54-35-19-12-20-36-54)68-48-28-44-62-60-42-26-46-64(78(5,6)8-2)74(60)83-76(62)68/h9-50H,7-8H2,1-6H3. The van der Waals surface area contributed by atoms with Crippen molar-refractivity contribution in [2.24, 2.45) is 0 Å². The zero-order chi connectivity index (χ0) is 56.2. The van der Waals surface area contributed by atoms with Crippen molar-refractivity contribution in [1.29, 1.82) is 0 Å². The normalized spacial score (nSPS) is 13.1. The van der Waals surface area contributed by atoms with Gasteiger partial charge >= 0.3 is 0 Å². The van der Waals surface area contributed by atoms with Crippen molar-refractivity contribution in [2.75, 3.05) is 9.80 Å². The quantitative estimate of drug-likeness (QED) is 0.122. The van der Waals surface area contributed by atoms with Crippen molar-refractivity contribution in [2.45, 2.75) is 70.6 Å². The van der Waals surface area contributed by atoms with E-state index in [0.717, 1.165) is 102 Å². The number of anilines is 6. The second kappa shape index (κ2) is 19.2. The highest BCUT2D eigenvalue weighted by Gasteiger charge is 2.49. The first-order valence-corrected chi connectivity index (χ1v) is 29.5.